The Morgan fingerprint density at radius 1 is 0.517 bits per heavy atom. The van der Waals surface area contributed by atoms with Crippen molar-refractivity contribution in [1.82, 2.24) is 0 Å². The molecule has 0 N–H and O–H groups in total. The van der Waals surface area contributed by atoms with Crippen molar-refractivity contribution in [1.29, 1.82) is 0 Å². The molecule has 1 saturated carbocycles. The zero-order chi connectivity index (χ0) is 24.1. The molecule has 0 aromatic carbocycles. The molecule has 1 aliphatic carbocycles. The van der Waals surface area contributed by atoms with E-state index in [1.54, 1.807) is 23.3 Å². The Kier molecular flexibility index (Phi) is 6.23. The first-order chi connectivity index (χ1) is 12.2. The summed E-state index contributed by atoms with van der Waals surface area (Å²) in [7, 11) is 0. The van der Waals surface area contributed by atoms with E-state index in [0.717, 1.165) is 0 Å². The minimum atomic E-state index is 0.115. The molecule has 0 aromatic rings. The molecule has 1 fully saturated rings. The summed E-state index contributed by atoms with van der Waals surface area (Å²) in [5.74, 6) is 0. The van der Waals surface area contributed by atoms with E-state index in [1.807, 2.05) is 0 Å². The molecule has 29 heavy (non-hydrogen) atoms. The fourth-order valence-electron chi connectivity index (χ4n) is 7.78. The third kappa shape index (κ3) is 2.63. The summed E-state index contributed by atoms with van der Waals surface area (Å²) >= 11 is 1.63. The molecule has 172 valence electrons. The van der Waals surface area contributed by atoms with Crippen LogP contribution in [0.15, 0.2) is 0 Å². The van der Waals surface area contributed by atoms with Crippen LogP contribution >= 0.6 is 0 Å². The Balaban J connectivity index is 3.98. The molecule has 0 bridgehead atoms. The van der Waals surface area contributed by atoms with Crippen LogP contribution in [0.25, 0.3) is 0 Å². The van der Waals surface area contributed by atoms with Gasteiger partial charge in [0.2, 0.25) is 0 Å². The fraction of sp³-hybridized carbons (Fsp3) is 0.964. The molecular formula is C28H54W. The van der Waals surface area contributed by atoms with Crippen molar-refractivity contribution in [2.75, 3.05) is 0 Å². The minimum absolute atomic E-state index is 0.115. The Morgan fingerprint density at radius 2 is 0.793 bits per heavy atom. The van der Waals surface area contributed by atoms with Crippen molar-refractivity contribution < 1.29 is 19.4 Å². The molecule has 0 heterocycles. The summed E-state index contributed by atoms with van der Waals surface area (Å²) in [4.78, 5) is 0. The summed E-state index contributed by atoms with van der Waals surface area (Å²) in [5.41, 5.74) is 1.55. The van der Waals surface area contributed by atoms with Gasteiger partial charge in [0.05, 0.1) is 0 Å². The monoisotopic (exact) mass is 574 g/mol. The molecule has 0 spiro atoms. The molecule has 0 aromatic heterocycles. The second kappa shape index (κ2) is 6.55. The van der Waals surface area contributed by atoms with E-state index >= 15 is 0 Å². The maximum absolute atomic E-state index is 2.64. The molecule has 0 amide bonds. The van der Waals surface area contributed by atoms with Crippen LogP contribution in [0, 0.1) is 48.7 Å². The van der Waals surface area contributed by atoms with Gasteiger partial charge in [-0.3, -0.25) is 0 Å². The average Bonchev–Trinajstić information content (AvgIpc) is 2.56. The molecule has 0 radical (unpaired) electrons. The van der Waals surface area contributed by atoms with E-state index in [-0.39, 0.29) is 48.7 Å². The van der Waals surface area contributed by atoms with Gasteiger partial charge in [-0.05, 0) is 0 Å². The second-order valence-corrected chi connectivity index (χ2v) is 16.9. The molecule has 1 heteroatoms. The zero-order valence-electron chi connectivity index (χ0n) is 23.4. The van der Waals surface area contributed by atoms with Crippen LogP contribution in [0.4, 0.5) is 0 Å². The summed E-state index contributed by atoms with van der Waals surface area (Å²) in [5, 5.41) is 0. The molecule has 1 rings (SSSR count). The SMILES string of the molecule is C[C](=[W])C(C)(C)C(C)(C)C(C)(C)C(C)(C)C1(C)C(C)(C)C(C)(C)C(C)(C)C1(C)C. The van der Waals surface area contributed by atoms with Crippen LogP contribution in [0.3, 0.4) is 0 Å². The molecule has 0 saturated heterocycles. The third-order valence-corrected chi connectivity index (χ3v) is 15.8. The fourth-order valence-corrected chi connectivity index (χ4v) is 8.70. The van der Waals surface area contributed by atoms with Gasteiger partial charge < -0.3 is 0 Å². The van der Waals surface area contributed by atoms with Crippen LogP contribution < -0.4 is 0 Å². The van der Waals surface area contributed by atoms with Crippen LogP contribution in [0.5, 0.6) is 0 Å². The first-order valence-corrected chi connectivity index (χ1v) is 13.2. The van der Waals surface area contributed by atoms with Gasteiger partial charge in [0.15, 0.2) is 0 Å². The van der Waals surface area contributed by atoms with Crippen molar-refractivity contribution in [2.45, 2.75) is 125 Å². The first kappa shape index (κ1) is 27.6. The molecular weight excluding hydrogens is 520 g/mol. The first-order valence-electron chi connectivity index (χ1n) is 11.7. The Hall–Kier alpha value is 0.558. The summed E-state index contributed by atoms with van der Waals surface area (Å²) in [6.07, 6.45) is 0. The van der Waals surface area contributed by atoms with Crippen LogP contribution in [-0.4, -0.2) is 3.90 Å². The van der Waals surface area contributed by atoms with Crippen LogP contribution in [0.1, 0.15) is 125 Å². The molecule has 0 nitrogen and oxygen atoms in total. The van der Waals surface area contributed by atoms with Gasteiger partial charge in [-0.25, -0.2) is 0 Å². The molecule has 0 unspecified atom stereocenters. The maximum atomic E-state index is 2.64. The van der Waals surface area contributed by atoms with E-state index in [9.17, 15) is 0 Å². The van der Waals surface area contributed by atoms with Gasteiger partial charge in [0, 0.05) is 0 Å². The van der Waals surface area contributed by atoms with Gasteiger partial charge in [-0.1, -0.05) is 0 Å². The number of hydrogen-bond acceptors (Lipinski definition) is 0. The van der Waals surface area contributed by atoms with Crippen LogP contribution in [-0.2, 0) is 19.4 Å². The van der Waals surface area contributed by atoms with E-state index in [0.29, 0.717) is 0 Å². The molecule has 0 aliphatic heterocycles. The van der Waals surface area contributed by atoms with Gasteiger partial charge in [-0.15, -0.1) is 0 Å². The Labute approximate surface area is 196 Å². The standard InChI is InChI=1S/C28H54.W/c1-19-20(2,3)21(4,5)22(6,7)25(12,13)28(18)26(14,15)23(8,9)24(10,11)27(28,16)17;/h1-18H3;. The van der Waals surface area contributed by atoms with E-state index < -0.39 is 0 Å². The van der Waals surface area contributed by atoms with Crippen molar-refractivity contribution in [3.05, 3.63) is 0 Å². The zero-order valence-corrected chi connectivity index (χ0v) is 26.3. The normalized spacial score (nSPS) is 25.7. The van der Waals surface area contributed by atoms with Gasteiger partial charge >= 0.3 is 197 Å². The van der Waals surface area contributed by atoms with Gasteiger partial charge in [0.1, 0.15) is 0 Å². The average molecular weight is 575 g/mol. The molecule has 0 atom stereocenters. The second-order valence-electron chi connectivity index (χ2n) is 14.7. The predicted octanol–water partition coefficient (Wildman–Crippen LogP) is 8.96. The van der Waals surface area contributed by atoms with Crippen LogP contribution in [0.2, 0.25) is 0 Å². The van der Waals surface area contributed by atoms with E-state index in [2.05, 4.69) is 125 Å². The Morgan fingerprint density at radius 3 is 1.03 bits per heavy atom. The summed E-state index contributed by atoms with van der Waals surface area (Å²) in [6.45, 7) is 45.8. The molecule has 1 aliphatic rings. The van der Waals surface area contributed by atoms with Crippen molar-refractivity contribution in [2.24, 2.45) is 48.7 Å². The van der Waals surface area contributed by atoms with E-state index in [1.165, 1.54) is 0 Å². The Bertz CT molecular complexity index is 651. The van der Waals surface area contributed by atoms with E-state index in [4.69, 9.17) is 0 Å². The van der Waals surface area contributed by atoms with Crippen molar-refractivity contribution in [3.8, 4) is 0 Å². The van der Waals surface area contributed by atoms with Crippen molar-refractivity contribution >= 4 is 3.90 Å². The number of hydrogen-bond donors (Lipinski definition) is 0. The quantitative estimate of drug-likeness (QED) is 0.308. The van der Waals surface area contributed by atoms with Gasteiger partial charge in [-0.2, -0.15) is 0 Å². The number of rotatable bonds is 5. The topological polar surface area (TPSA) is 0 Å². The predicted molar refractivity (Wildman–Crippen MR) is 129 cm³/mol. The summed E-state index contributed by atoms with van der Waals surface area (Å²) < 4.78 is 1.61. The van der Waals surface area contributed by atoms with Gasteiger partial charge in [0.25, 0.3) is 0 Å². The third-order valence-electron chi connectivity index (χ3n) is 14.0. The van der Waals surface area contributed by atoms with Crippen molar-refractivity contribution in [3.63, 3.8) is 0 Å². The summed E-state index contributed by atoms with van der Waals surface area (Å²) in [6, 6.07) is 0.